The molecule has 1 amide bonds. The molecule has 2 atom stereocenters. The van der Waals surface area contributed by atoms with Crippen LogP contribution in [0.15, 0.2) is 79.0 Å². The maximum Gasteiger partial charge on any atom is 0.221 e. The number of methoxy groups -OCH3 is 1. The van der Waals surface area contributed by atoms with Gasteiger partial charge < -0.3 is 19.5 Å². The Labute approximate surface area is 238 Å². The van der Waals surface area contributed by atoms with Gasteiger partial charge in [0, 0.05) is 42.0 Å². The number of ether oxygens (including phenoxy) is 1. The van der Waals surface area contributed by atoms with Gasteiger partial charge in [-0.3, -0.25) is 4.79 Å². The van der Waals surface area contributed by atoms with Crippen molar-refractivity contribution in [1.82, 2.24) is 14.8 Å². The van der Waals surface area contributed by atoms with Gasteiger partial charge in [0.2, 0.25) is 5.91 Å². The van der Waals surface area contributed by atoms with Crippen LogP contribution < -0.4 is 10.1 Å². The Bertz CT molecular complexity index is 1380. The van der Waals surface area contributed by atoms with Crippen molar-refractivity contribution >= 4 is 16.8 Å². The standard InChI is InChI=1S/C34H42FN3O2/c1-5-37(6-2)21-11-12-25(3)36-34(39)22-30(28-13-7-9-15-32(28)35)31-24-38(33-16-10-8-14-29(31)33)23-26-17-19-27(40-4)20-18-26/h7-10,13-20,24-25,30H,5-6,11-12,21-23H2,1-4H3,(H,36,39)/t25-,30-/m1/s1. The summed E-state index contributed by atoms with van der Waals surface area (Å²) in [6, 6.07) is 23.1. The fourth-order valence-electron chi connectivity index (χ4n) is 5.51. The topological polar surface area (TPSA) is 46.5 Å². The molecule has 0 aliphatic heterocycles. The van der Waals surface area contributed by atoms with E-state index in [2.05, 4.69) is 66.0 Å². The third-order valence-electron chi connectivity index (χ3n) is 7.79. The van der Waals surface area contributed by atoms with Gasteiger partial charge in [0.05, 0.1) is 7.11 Å². The number of hydrogen-bond acceptors (Lipinski definition) is 3. The van der Waals surface area contributed by atoms with Gasteiger partial charge in [-0.05, 0) is 80.4 Å². The zero-order valence-electron chi connectivity index (χ0n) is 24.2. The lowest BCUT2D eigenvalue weighted by molar-refractivity contribution is -0.121. The minimum atomic E-state index is -0.411. The molecule has 0 spiro atoms. The maximum atomic E-state index is 15.2. The van der Waals surface area contributed by atoms with E-state index in [1.807, 2.05) is 30.3 Å². The lowest BCUT2D eigenvalue weighted by atomic mass is 9.87. The highest BCUT2D eigenvalue weighted by Gasteiger charge is 2.25. The van der Waals surface area contributed by atoms with Gasteiger partial charge in [-0.2, -0.15) is 0 Å². The Hall–Kier alpha value is -3.64. The molecular weight excluding hydrogens is 501 g/mol. The number of benzene rings is 3. The van der Waals surface area contributed by atoms with Crippen LogP contribution in [0.5, 0.6) is 5.75 Å². The lowest BCUT2D eigenvalue weighted by Crippen LogP contribution is -2.34. The predicted molar refractivity (Wildman–Crippen MR) is 162 cm³/mol. The molecule has 0 bridgehead atoms. The largest absolute Gasteiger partial charge is 0.497 e. The van der Waals surface area contributed by atoms with Crippen molar-refractivity contribution in [2.24, 2.45) is 0 Å². The molecule has 0 radical (unpaired) electrons. The Kier molecular flexibility index (Phi) is 10.4. The number of amides is 1. The molecule has 0 saturated heterocycles. The smallest absolute Gasteiger partial charge is 0.221 e. The van der Waals surface area contributed by atoms with E-state index < -0.39 is 5.92 Å². The average molecular weight is 544 g/mol. The number of aromatic nitrogens is 1. The fourth-order valence-corrected chi connectivity index (χ4v) is 5.51. The number of halogens is 1. The molecule has 0 aliphatic rings. The molecule has 1 aromatic heterocycles. The fraction of sp³-hybridized carbons (Fsp3) is 0.382. The van der Waals surface area contributed by atoms with Crippen LogP contribution in [0.1, 0.15) is 62.6 Å². The first-order valence-corrected chi connectivity index (χ1v) is 14.4. The van der Waals surface area contributed by atoms with Crippen molar-refractivity contribution in [2.75, 3.05) is 26.7 Å². The second-order valence-electron chi connectivity index (χ2n) is 10.5. The third-order valence-corrected chi connectivity index (χ3v) is 7.79. The molecule has 0 unspecified atom stereocenters. The third kappa shape index (κ3) is 7.30. The zero-order chi connectivity index (χ0) is 28.5. The van der Waals surface area contributed by atoms with E-state index in [4.69, 9.17) is 4.74 Å². The molecule has 212 valence electrons. The molecule has 4 rings (SSSR count). The Morgan fingerprint density at radius 2 is 1.68 bits per heavy atom. The van der Waals surface area contributed by atoms with Crippen LogP contribution in [-0.2, 0) is 11.3 Å². The van der Waals surface area contributed by atoms with Crippen molar-refractivity contribution in [2.45, 2.75) is 58.5 Å². The van der Waals surface area contributed by atoms with Crippen molar-refractivity contribution in [1.29, 1.82) is 0 Å². The lowest BCUT2D eigenvalue weighted by Gasteiger charge is -2.21. The average Bonchev–Trinajstić information content (AvgIpc) is 3.33. The van der Waals surface area contributed by atoms with Crippen LogP contribution in [0.3, 0.4) is 0 Å². The quantitative estimate of drug-likeness (QED) is 0.187. The van der Waals surface area contributed by atoms with Crippen molar-refractivity contribution in [3.8, 4) is 5.75 Å². The van der Waals surface area contributed by atoms with Crippen molar-refractivity contribution in [3.63, 3.8) is 0 Å². The number of nitrogens with zero attached hydrogens (tertiary/aromatic N) is 2. The van der Waals surface area contributed by atoms with E-state index in [1.165, 1.54) is 6.07 Å². The van der Waals surface area contributed by atoms with Crippen LogP contribution in [0.4, 0.5) is 4.39 Å². The minimum Gasteiger partial charge on any atom is -0.497 e. The summed E-state index contributed by atoms with van der Waals surface area (Å²) in [6.45, 7) is 10.2. The number of carbonyl (C=O) groups is 1. The van der Waals surface area contributed by atoms with Crippen LogP contribution in [-0.4, -0.2) is 48.2 Å². The number of nitrogens with one attached hydrogen (secondary N) is 1. The number of hydrogen-bond donors (Lipinski definition) is 1. The summed E-state index contributed by atoms with van der Waals surface area (Å²) in [6.07, 6.45) is 4.21. The van der Waals surface area contributed by atoms with E-state index in [-0.39, 0.29) is 24.2 Å². The highest BCUT2D eigenvalue weighted by Crippen LogP contribution is 2.36. The zero-order valence-corrected chi connectivity index (χ0v) is 24.2. The van der Waals surface area contributed by atoms with Crippen LogP contribution >= 0.6 is 0 Å². The minimum absolute atomic E-state index is 0.0562. The SMILES string of the molecule is CCN(CC)CCC[C@@H](C)NC(=O)C[C@H](c1ccccc1F)c1cn(Cc2ccc(OC)cc2)c2ccccc12. The van der Waals surface area contributed by atoms with E-state index >= 15 is 4.39 Å². The molecule has 0 fully saturated rings. The molecule has 4 aromatic rings. The van der Waals surface area contributed by atoms with E-state index in [0.29, 0.717) is 12.1 Å². The maximum absolute atomic E-state index is 15.2. The summed E-state index contributed by atoms with van der Waals surface area (Å²) in [4.78, 5) is 15.8. The summed E-state index contributed by atoms with van der Waals surface area (Å²) >= 11 is 0. The van der Waals surface area contributed by atoms with Crippen LogP contribution in [0.25, 0.3) is 10.9 Å². The summed E-state index contributed by atoms with van der Waals surface area (Å²) in [5, 5.41) is 4.22. The molecule has 1 N–H and O–H groups in total. The first kappa shape index (κ1) is 29.3. The van der Waals surface area contributed by atoms with Crippen molar-refractivity contribution < 1.29 is 13.9 Å². The molecule has 5 nitrogen and oxygen atoms in total. The summed E-state index contributed by atoms with van der Waals surface area (Å²) in [7, 11) is 1.66. The van der Waals surface area contributed by atoms with Gasteiger partial charge in [-0.1, -0.05) is 62.4 Å². The monoisotopic (exact) mass is 543 g/mol. The second-order valence-corrected chi connectivity index (χ2v) is 10.5. The Morgan fingerprint density at radius 1 is 0.975 bits per heavy atom. The number of para-hydroxylation sites is 1. The highest BCUT2D eigenvalue weighted by atomic mass is 19.1. The predicted octanol–water partition coefficient (Wildman–Crippen LogP) is 6.99. The summed E-state index contributed by atoms with van der Waals surface area (Å²) in [5.41, 5.74) is 3.68. The molecule has 3 aromatic carbocycles. The molecule has 0 saturated carbocycles. The molecule has 1 heterocycles. The summed E-state index contributed by atoms with van der Waals surface area (Å²) < 4.78 is 22.7. The molecule has 40 heavy (non-hydrogen) atoms. The van der Waals surface area contributed by atoms with Crippen molar-refractivity contribution in [3.05, 3.63) is 102 Å². The van der Waals surface area contributed by atoms with Gasteiger partial charge in [0.25, 0.3) is 0 Å². The van der Waals surface area contributed by atoms with Crippen LogP contribution in [0.2, 0.25) is 0 Å². The van der Waals surface area contributed by atoms with E-state index in [0.717, 1.165) is 60.3 Å². The molecule has 0 aliphatic carbocycles. The number of fused-ring (bicyclic) bond motifs is 1. The van der Waals surface area contributed by atoms with E-state index in [9.17, 15) is 4.79 Å². The first-order chi connectivity index (χ1) is 19.4. The molecular formula is C34H42FN3O2. The number of rotatable bonds is 14. The normalized spacial score (nSPS) is 12.9. The van der Waals surface area contributed by atoms with Gasteiger partial charge >= 0.3 is 0 Å². The van der Waals surface area contributed by atoms with Gasteiger partial charge in [0.15, 0.2) is 0 Å². The summed E-state index contributed by atoms with van der Waals surface area (Å²) in [5.74, 6) is 0.0518. The molecule has 6 heteroatoms. The van der Waals surface area contributed by atoms with Gasteiger partial charge in [-0.25, -0.2) is 4.39 Å². The van der Waals surface area contributed by atoms with E-state index in [1.54, 1.807) is 19.2 Å². The second kappa shape index (κ2) is 14.1. The first-order valence-electron chi connectivity index (χ1n) is 14.4. The van der Waals surface area contributed by atoms with Gasteiger partial charge in [0.1, 0.15) is 11.6 Å². The Morgan fingerprint density at radius 3 is 2.38 bits per heavy atom. The van der Waals surface area contributed by atoms with Gasteiger partial charge in [-0.15, -0.1) is 0 Å². The Balaban J connectivity index is 1.59. The number of carbonyl (C=O) groups excluding carboxylic acids is 1. The highest BCUT2D eigenvalue weighted by molar-refractivity contribution is 5.87. The van der Waals surface area contributed by atoms with Crippen LogP contribution in [0, 0.1) is 5.82 Å².